The number of hydrogen-bond donors (Lipinski definition) is 1. The van der Waals surface area contributed by atoms with Crippen LogP contribution in [0.1, 0.15) is 20.3 Å². The van der Waals surface area contributed by atoms with E-state index in [0.29, 0.717) is 13.0 Å². The Balaban J connectivity index is 2.67. The molecule has 1 atom stereocenters. The van der Waals surface area contributed by atoms with Crippen LogP contribution in [0, 0.1) is 11.8 Å². The quantitative estimate of drug-likeness (QED) is 0.616. The zero-order chi connectivity index (χ0) is 10.6. The number of piperazine rings is 1. The molecule has 1 saturated heterocycles. The maximum Gasteiger partial charge on any atom is 0.246 e. The summed E-state index contributed by atoms with van der Waals surface area (Å²) in [5, 5.41) is 2.64. The average molecular weight is 194 g/mol. The first-order valence-corrected chi connectivity index (χ1v) is 4.66. The normalized spacial score (nSPS) is 21.3. The van der Waals surface area contributed by atoms with Gasteiger partial charge in [0.25, 0.3) is 0 Å². The second-order valence-electron chi connectivity index (χ2n) is 3.15. The fourth-order valence-corrected chi connectivity index (χ4v) is 1.36. The van der Waals surface area contributed by atoms with Gasteiger partial charge in [0, 0.05) is 0 Å². The van der Waals surface area contributed by atoms with Crippen LogP contribution in [0.5, 0.6) is 0 Å². The second kappa shape index (κ2) is 4.66. The van der Waals surface area contributed by atoms with Crippen molar-refractivity contribution in [1.29, 1.82) is 0 Å². The topological polar surface area (TPSA) is 49.4 Å². The SMILES string of the molecule is CC#CCN1CC(=O)NC(CC)C1=O. The first-order valence-electron chi connectivity index (χ1n) is 4.66. The lowest BCUT2D eigenvalue weighted by Gasteiger charge is -2.30. The predicted octanol–water partition coefficient (Wildman–Crippen LogP) is -0.253. The summed E-state index contributed by atoms with van der Waals surface area (Å²) in [6.45, 7) is 4.06. The van der Waals surface area contributed by atoms with Crippen LogP contribution in [0.3, 0.4) is 0 Å². The van der Waals surface area contributed by atoms with Crippen molar-refractivity contribution in [2.75, 3.05) is 13.1 Å². The third-order valence-corrected chi connectivity index (χ3v) is 2.13. The van der Waals surface area contributed by atoms with Gasteiger partial charge in [0.1, 0.15) is 12.6 Å². The van der Waals surface area contributed by atoms with E-state index in [4.69, 9.17) is 0 Å². The lowest BCUT2D eigenvalue weighted by atomic mass is 10.1. The number of amides is 2. The third kappa shape index (κ3) is 2.25. The van der Waals surface area contributed by atoms with Gasteiger partial charge >= 0.3 is 0 Å². The van der Waals surface area contributed by atoms with Gasteiger partial charge in [0.2, 0.25) is 11.8 Å². The Kier molecular flexibility index (Phi) is 3.52. The van der Waals surface area contributed by atoms with E-state index in [9.17, 15) is 9.59 Å². The molecule has 1 fully saturated rings. The van der Waals surface area contributed by atoms with Gasteiger partial charge in [-0.1, -0.05) is 12.8 Å². The zero-order valence-corrected chi connectivity index (χ0v) is 8.46. The van der Waals surface area contributed by atoms with Crippen LogP contribution in [-0.2, 0) is 9.59 Å². The Morgan fingerprint density at radius 1 is 1.57 bits per heavy atom. The lowest BCUT2D eigenvalue weighted by Crippen LogP contribution is -2.57. The number of carbonyl (C=O) groups excluding carboxylic acids is 2. The molecule has 1 aliphatic heterocycles. The molecule has 1 unspecified atom stereocenters. The van der Waals surface area contributed by atoms with Crippen LogP contribution in [-0.4, -0.2) is 35.8 Å². The summed E-state index contributed by atoms with van der Waals surface area (Å²) in [6, 6.07) is -0.366. The van der Waals surface area contributed by atoms with Gasteiger partial charge in [-0.2, -0.15) is 0 Å². The van der Waals surface area contributed by atoms with Crippen molar-refractivity contribution in [3.8, 4) is 11.8 Å². The highest BCUT2D eigenvalue weighted by atomic mass is 16.2. The molecule has 1 N–H and O–H groups in total. The lowest BCUT2D eigenvalue weighted by molar-refractivity contribution is -0.143. The van der Waals surface area contributed by atoms with Crippen LogP contribution in [0.25, 0.3) is 0 Å². The number of hydrogen-bond acceptors (Lipinski definition) is 2. The largest absolute Gasteiger partial charge is 0.343 e. The number of rotatable bonds is 2. The van der Waals surface area contributed by atoms with Crippen LogP contribution < -0.4 is 5.32 Å². The molecule has 0 bridgehead atoms. The molecule has 4 nitrogen and oxygen atoms in total. The number of nitrogens with one attached hydrogen (secondary N) is 1. The van der Waals surface area contributed by atoms with E-state index in [0.717, 1.165) is 0 Å². The summed E-state index contributed by atoms with van der Waals surface area (Å²) >= 11 is 0. The summed E-state index contributed by atoms with van der Waals surface area (Å²) in [5.41, 5.74) is 0. The van der Waals surface area contributed by atoms with Crippen molar-refractivity contribution in [2.45, 2.75) is 26.3 Å². The van der Waals surface area contributed by atoms with Crippen LogP contribution in [0.15, 0.2) is 0 Å². The minimum absolute atomic E-state index is 0.0325. The van der Waals surface area contributed by atoms with Crippen LogP contribution in [0.2, 0.25) is 0 Å². The van der Waals surface area contributed by atoms with Crippen LogP contribution in [0.4, 0.5) is 0 Å². The predicted molar refractivity (Wildman–Crippen MR) is 52.3 cm³/mol. The summed E-state index contributed by atoms with van der Waals surface area (Å²) in [7, 11) is 0. The monoisotopic (exact) mass is 194 g/mol. The molecule has 0 aliphatic carbocycles. The van der Waals surface area contributed by atoms with Crippen molar-refractivity contribution in [3.05, 3.63) is 0 Å². The van der Waals surface area contributed by atoms with E-state index in [-0.39, 0.29) is 24.4 Å². The Morgan fingerprint density at radius 2 is 2.29 bits per heavy atom. The van der Waals surface area contributed by atoms with Gasteiger partial charge in [-0.25, -0.2) is 0 Å². The van der Waals surface area contributed by atoms with E-state index in [2.05, 4.69) is 17.2 Å². The minimum atomic E-state index is -0.366. The van der Waals surface area contributed by atoms with Gasteiger partial charge in [-0.05, 0) is 13.3 Å². The summed E-state index contributed by atoms with van der Waals surface area (Å²) < 4.78 is 0. The fourth-order valence-electron chi connectivity index (χ4n) is 1.36. The standard InChI is InChI=1S/C10H14N2O2/c1-3-5-6-12-7-9(13)11-8(4-2)10(12)14/h8H,4,6-7H2,1-2H3,(H,11,13). The number of carbonyl (C=O) groups is 2. The van der Waals surface area contributed by atoms with Crippen molar-refractivity contribution >= 4 is 11.8 Å². The highest BCUT2D eigenvalue weighted by Crippen LogP contribution is 2.04. The van der Waals surface area contributed by atoms with E-state index >= 15 is 0 Å². The molecular formula is C10H14N2O2. The van der Waals surface area contributed by atoms with E-state index in [1.165, 1.54) is 4.90 Å². The Hall–Kier alpha value is -1.50. The van der Waals surface area contributed by atoms with Gasteiger partial charge in [0.15, 0.2) is 0 Å². The van der Waals surface area contributed by atoms with Gasteiger partial charge < -0.3 is 10.2 Å². The minimum Gasteiger partial charge on any atom is -0.343 e. The molecule has 1 rings (SSSR count). The molecule has 0 aromatic heterocycles. The summed E-state index contributed by atoms with van der Waals surface area (Å²) in [4.78, 5) is 24.3. The maximum absolute atomic E-state index is 11.7. The molecule has 4 heteroatoms. The first kappa shape index (κ1) is 10.6. The summed E-state index contributed by atoms with van der Waals surface area (Å²) in [5.74, 6) is 5.36. The Morgan fingerprint density at radius 3 is 2.86 bits per heavy atom. The van der Waals surface area contributed by atoms with Crippen molar-refractivity contribution in [1.82, 2.24) is 10.2 Å². The maximum atomic E-state index is 11.7. The summed E-state index contributed by atoms with van der Waals surface area (Å²) in [6.07, 6.45) is 0.626. The van der Waals surface area contributed by atoms with Crippen molar-refractivity contribution < 1.29 is 9.59 Å². The third-order valence-electron chi connectivity index (χ3n) is 2.13. The van der Waals surface area contributed by atoms with E-state index < -0.39 is 0 Å². The molecule has 1 heterocycles. The molecule has 76 valence electrons. The molecular weight excluding hydrogens is 180 g/mol. The number of nitrogens with zero attached hydrogens (tertiary/aromatic N) is 1. The van der Waals surface area contributed by atoms with Gasteiger partial charge in [0.05, 0.1) is 6.54 Å². The van der Waals surface area contributed by atoms with Gasteiger partial charge in [-0.3, -0.25) is 9.59 Å². The average Bonchev–Trinajstić information content (AvgIpc) is 2.18. The molecule has 0 aromatic carbocycles. The molecule has 0 aromatic rings. The second-order valence-corrected chi connectivity index (χ2v) is 3.15. The highest BCUT2D eigenvalue weighted by Gasteiger charge is 2.30. The Bertz CT molecular complexity index is 301. The highest BCUT2D eigenvalue weighted by molar-refractivity contribution is 5.94. The smallest absolute Gasteiger partial charge is 0.246 e. The van der Waals surface area contributed by atoms with E-state index in [1.807, 2.05) is 6.92 Å². The van der Waals surface area contributed by atoms with Crippen molar-refractivity contribution in [3.63, 3.8) is 0 Å². The van der Waals surface area contributed by atoms with Crippen LogP contribution >= 0.6 is 0 Å². The molecule has 14 heavy (non-hydrogen) atoms. The molecule has 0 spiro atoms. The Labute approximate surface area is 83.6 Å². The van der Waals surface area contributed by atoms with Gasteiger partial charge in [-0.15, -0.1) is 5.92 Å². The van der Waals surface area contributed by atoms with E-state index in [1.54, 1.807) is 6.92 Å². The zero-order valence-electron chi connectivity index (χ0n) is 8.46. The molecule has 0 saturated carbocycles. The molecule has 2 amide bonds. The first-order chi connectivity index (χ1) is 6.69. The van der Waals surface area contributed by atoms with Crippen molar-refractivity contribution in [2.24, 2.45) is 0 Å². The molecule has 0 radical (unpaired) electrons. The fraction of sp³-hybridized carbons (Fsp3) is 0.600. The molecule has 1 aliphatic rings.